The van der Waals surface area contributed by atoms with E-state index in [0.29, 0.717) is 22.8 Å². The highest BCUT2D eigenvalue weighted by Crippen LogP contribution is 2.28. The quantitative estimate of drug-likeness (QED) is 0.600. The molecule has 1 aliphatic heterocycles. The highest BCUT2D eigenvalue weighted by atomic mass is 19.1. The third-order valence-corrected chi connectivity index (χ3v) is 4.47. The van der Waals surface area contributed by atoms with E-state index in [9.17, 15) is 13.6 Å². The number of hydrogen-bond acceptors (Lipinski definition) is 3. The summed E-state index contributed by atoms with van der Waals surface area (Å²) in [5.74, 6) is -0.0999. The van der Waals surface area contributed by atoms with E-state index in [1.807, 2.05) is 12.1 Å². The molecule has 1 heterocycles. The minimum Gasteiger partial charge on any atom is -0.497 e. The van der Waals surface area contributed by atoms with Crippen molar-refractivity contribution < 1.29 is 18.3 Å². The van der Waals surface area contributed by atoms with Crippen molar-refractivity contribution in [3.63, 3.8) is 0 Å². The third kappa shape index (κ3) is 3.78. The van der Waals surface area contributed by atoms with Gasteiger partial charge in [-0.2, -0.15) is 0 Å². The van der Waals surface area contributed by atoms with E-state index in [2.05, 4.69) is 4.99 Å². The number of aliphatic imine (C=N–C) groups is 1. The summed E-state index contributed by atoms with van der Waals surface area (Å²) in [6.07, 6.45) is 1.66. The summed E-state index contributed by atoms with van der Waals surface area (Å²) in [5.41, 5.74) is 2.04. The van der Waals surface area contributed by atoms with Crippen LogP contribution in [0.2, 0.25) is 0 Å². The third-order valence-electron chi connectivity index (χ3n) is 4.47. The molecule has 0 N–H and O–H groups in total. The summed E-state index contributed by atoms with van der Waals surface area (Å²) in [6.45, 7) is 0. The van der Waals surface area contributed by atoms with Crippen LogP contribution in [0.5, 0.6) is 5.75 Å². The van der Waals surface area contributed by atoms with Gasteiger partial charge in [0.05, 0.1) is 12.8 Å². The molecule has 0 aliphatic carbocycles. The smallest absolute Gasteiger partial charge is 0.282 e. The summed E-state index contributed by atoms with van der Waals surface area (Å²) in [4.78, 5) is 19.0. The lowest BCUT2D eigenvalue weighted by Gasteiger charge is -2.18. The number of methoxy groups -OCH3 is 1. The topological polar surface area (TPSA) is 41.9 Å². The number of nitrogens with zero attached hydrogens (tertiary/aromatic N) is 2. The van der Waals surface area contributed by atoms with Crippen LogP contribution in [0.15, 0.2) is 83.5 Å². The molecule has 4 rings (SSSR count). The van der Waals surface area contributed by atoms with Gasteiger partial charge in [-0.05, 0) is 72.3 Å². The maximum absolute atomic E-state index is 13.4. The molecule has 0 saturated carbocycles. The van der Waals surface area contributed by atoms with Gasteiger partial charge in [0, 0.05) is 5.56 Å². The number of anilines is 1. The Morgan fingerprint density at radius 2 is 1.45 bits per heavy atom. The van der Waals surface area contributed by atoms with Crippen LogP contribution in [0.25, 0.3) is 6.08 Å². The van der Waals surface area contributed by atoms with Crippen LogP contribution in [-0.2, 0) is 4.79 Å². The molecule has 3 aromatic carbocycles. The Balaban J connectivity index is 1.78. The Labute approximate surface area is 166 Å². The van der Waals surface area contributed by atoms with Gasteiger partial charge < -0.3 is 4.74 Å². The average molecular weight is 390 g/mol. The van der Waals surface area contributed by atoms with Gasteiger partial charge in [-0.25, -0.2) is 13.8 Å². The maximum atomic E-state index is 13.4. The van der Waals surface area contributed by atoms with E-state index in [-0.39, 0.29) is 17.4 Å². The van der Waals surface area contributed by atoms with Crippen LogP contribution in [-0.4, -0.2) is 18.9 Å². The number of carbonyl (C=O) groups excluding carboxylic acids is 1. The first-order valence-corrected chi connectivity index (χ1v) is 8.85. The second kappa shape index (κ2) is 7.67. The fraction of sp³-hybridized carbons (Fsp3) is 0.0435. The molecule has 3 aromatic rings. The van der Waals surface area contributed by atoms with Crippen LogP contribution in [0.3, 0.4) is 0 Å². The van der Waals surface area contributed by atoms with Crippen molar-refractivity contribution in [2.24, 2.45) is 4.99 Å². The molecule has 0 radical (unpaired) electrons. The molecule has 4 nitrogen and oxygen atoms in total. The van der Waals surface area contributed by atoms with Crippen LogP contribution < -0.4 is 9.64 Å². The molecule has 0 bridgehead atoms. The minimum absolute atomic E-state index is 0.221. The zero-order chi connectivity index (χ0) is 20.4. The molecule has 0 saturated heterocycles. The molecule has 0 fully saturated rings. The number of hydrogen-bond donors (Lipinski definition) is 0. The van der Waals surface area contributed by atoms with Gasteiger partial charge in [0.15, 0.2) is 0 Å². The van der Waals surface area contributed by atoms with Crippen molar-refractivity contribution in [2.45, 2.75) is 0 Å². The van der Waals surface area contributed by atoms with Crippen LogP contribution in [0.4, 0.5) is 14.5 Å². The number of carbonyl (C=O) groups is 1. The highest BCUT2D eigenvalue weighted by molar-refractivity contribution is 6.33. The van der Waals surface area contributed by atoms with E-state index < -0.39 is 5.82 Å². The Hall–Kier alpha value is -3.80. The van der Waals surface area contributed by atoms with Crippen molar-refractivity contribution >= 4 is 23.5 Å². The van der Waals surface area contributed by atoms with E-state index >= 15 is 0 Å². The van der Waals surface area contributed by atoms with Gasteiger partial charge in [-0.3, -0.25) is 9.69 Å². The first kappa shape index (κ1) is 18.6. The van der Waals surface area contributed by atoms with Crippen LogP contribution in [0, 0.1) is 11.6 Å². The van der Waals surface area contributed by atoms with E-state index in [1.54, 1.807) is 37.5 Å². The number of halogens is 2. The summed E-state index contributed by atoms with van der Waals surface area (Å²) in [5, 5.41) is 0. The van der Waals surface area contributed by atoms with Gasteiger partial charge in [0.25, 0.3) is 5.91 Å². The lowest BCUT2D eigenvalue weighted by atomic mass is 10.1. The van der Waals surface area contributed by atoms with Gasteiger partial charge in [0.2, 0.25) is 0 Å². The Kier molecular flexibility index (Phi) is 4.91. The van der Waals surface area contributed by atoms with Gasteiger partial charge in [-0.1, -0.05) is 12.1 Å². The summed E-state index contributed by atoms with van der Waals surface area (Å²) in [6, 6.07) is 18.5. The van der Waals surface area contributed by atoms with Gasteiger partial charge in [-0.15, -0.1) is 0 Å². The predicted molar refractivity (Wildman–Crippen MR) is 108 cm³/mol. The lowest BCUT2D eigenvalue weighted by molar-refractivity contribution is -0.113. The predicted octanol–water partition coefficient (Wildman–Crippen LogP) is 4.81. The second-order valence-corrected chi connectivity index (χ2v) is 6.36. The Morgan fingerprint density at radius 3 is 2.03 bits per heavy atom. The van der Waals surface area contributed by atoms with Crippen molar-refractivity contribution in [3.05, 3.63) is 101 Å². The number of amidine groups is 1. The monoisotopic (exact) mass is 390 g/mol. The lowest BCUT2D eigenvalue weighted by Crippen LogP contribution is -2.32. The van der Waals surface area contributed by atoms with Gasteiger partial charge >= 0.3 is 0 Å². The molecule has 144 valence electrons. The molecule has 29 heavy (non-hydrogen) atoms. The molecule has 1 aliphatic rings. The normalized spacial score (nSPS) is 15.0. The SMILES string of the molecule is COc1ccc(/C=C2/N=C(c3ccc(F)cc3)N(c3ccc(F)cc3)C2=O)cc1. The summed E-state index contributed by atoms with van der Waals surface area (Å²) < 4.78 is 31.9. The van der Waals surface area contributed by atoms with E-state index in [1.165, 1.54) is 41.3 Å². The number of benzene rings is 3. The molecule has 0 unspecified atom stereocenters. The Morgan fingerprint density at radius 1 is 0.862 bits per heavy atom. The minimum atomic E-state index is -0.408. The largest absolute Gasteiger partial charge is 0.497 e. The van der Waals surface area contributed by atoms with Crippen molar-refractivity contribution in [1.29, 1.82) is 0 Å². The molecule has 0 aromatic heterocycles. The molecular formula is C23H16F2N2O2. The van der Waals surface area contributed by atoms with Crippen molar-refractivity contribution in [3.8, 4) is 5.75 Å². The van der Waals surface area contributed by atoms with Crippen LogP contribution >= 0.6 is 0 Å². The average Bonchev–Trinajstić information content (AvgIpc) is 3.06. The Bertz CT molecular complexity index is 1100. The van der Waals surface area contributed by atoms with Crippen LogP contribution in [0.1, 0.15) is 11.1 Å². The summed E-state index contributed by atoms with van der Waals surface area (Å²) >= 11 is 0. The number of rotatable bonds is 4. The summed E-state index contributed by atoms with van der Waals surface area (Å²) in [7, 11) is 1.58. The first-order chi connectivity index (χ1) is 14.0. The number of ether oxygens (including phenoxy) is 1. The molecule has 0 atom stereocenters. The molecule has 6 heteroatoms. The fourth-order valence-electron chi connectivity index (χ4n) is 3.00. The van der Waals surface area contributed by atoms with Gasteiger partial charge in [0.1, 0.15) is 28.9 Å². The zero-order valence-electron chi connectivity index (χ0n) is 15.5. The second-order valence-electron chi connectivity index (χ2n) is 6.36. The molecule has 1 amide bonds. The molecule has 0 spiro atoms. The van der Waals surface area contributed by atoms with Crippen molar-refractivity contribution in [2.75, 3.05) is 12.0 Å². The molecular weight excluding hydrogens is 374 g/mol. The van der Waals surface area contributed by atoms with E-state index in [4.69, 9.17) is 4.74 Å². The first-order valence-electron chi connectivity index (χ1n) is 8.85. The standard InChI is InChI=1S/C23H16F2N2O2/c1-29-20-12-2-15(3-13-20)14-21-23(28)27(19-10-8-18(25)9-11-19)22(26-21)16-4-6-17(24)7-5-16/h2-14H,1H3/b21-14+. The van der Waals surface area contributed by atoms with Crippen molar-refractivity contribution in [1.82, 2.24) is 0 Å². The maximum Gasteiger partial charge on any atom is 0.282 e. The number of amides is 1. The zero-order valence-corrected chi connectivity index (χ0v) is 15.5. The van der Waals surface area contributed by atoms with E-state index in [0.717, 1.165) is 5.56 Å². The highest BCUT2D eigenvalue weighted by Gasteiger charge is 2.32. The fourth-order valence-corrected chi connectivity index (χ4v) is 3.00.